The number of carbonyl (C=O) groups is 2. The van der Waals surface area contributed by atoms with Crippen LogP contribution < -0.4 is 0 Å². The van der Waals surface area contributed by atoms with E-state index in [1.165, 1.54) is 11.0 Å². The van der Waals surface area contributed by atoms with Gasteiger partial charge in [-0.05, 0) is 12.8 Å². The third-order valence-corrected chi connectivity index (χ3v) is 1.39. The van der Waals surface area contributed by atoms with Crippen LogP contribution in [0, 0.1) is 12.3 Å². The number of hydrogen-bond acceptors (Lipinski definition) is 3. The molecule has 0 saturated carbocycles. The molecule has 0 aromatic heterocycles. The van der Waals surface area contributed by atoms with Crippen molar-refractivity contribution < 1.29 is 14.3 Å². The average molecular weight is 195 g/mol. The van der Waals surface area contributed by atoms with Crippen molar-refractivity contribution in [2.45, 2.75) is 6.92 Å². The van der Waals surface area contributed by atoms with E-state index in [-0.39, 0.29) is 19.7 Å². The van der Waals surface area contributed by atoms with Crippen LogP contribution in [0.1, 0.15) is 6.92 Å². The maximum Gasteiger partial charge on any atom is 0.325 e. The highest BCUT2D eigenvalue weighted by molar-refractivity contribution is 5.94. The van der Waals surface area contributed by atoms with E-state index in [0.29, 0.717) is 0 Å². The van der Waals surface area contributed by atoms with Crippen molar-refractivity contribution in [2.75, 3.05) is 19.7 Å². The van der Waals surface area contributed by atoms with Crippen LogP contribution in [-0.2, 0) is 14.3 Å². The summed E-state index contributed by atoms with van der Waals surface area (Å²) in [4.78, 5) is 23.3. The van der Waals surface area contributed by atoms with E-state index in [9.17, 15) is 9.59 Å². The molecule has 0 bridgehead atoms. The summed E-state index contributed by atoms with van der Waals surface area (Å²) >= 11 is 0. The lowest BCUT2D eigenvalue weighted by Gasteiger charge is -2.16. The summed E-state index contributed by atoms with van der Waals surface area (Å²) in [6.07, 6.45) is 6.42. The molecule has 0 fully saturated rings. The van der Waals surface area contributed by atoms with Crippen LogP contribution >= 0.6 is 0 Å². The quantitative estimate of drug-likeness (QED) is 0.357. The Morgan fingerprint density at radius 2 is 2.29 bits per heavy atom. The molecule has 0 unspecified atom stereocenters. The molecule has 0 radical (unpaired) electrons. The first-order valence-electron chi connectivity index (χ1n) is 4.17. The molecule has 1 amide bonds. The molecule has 0 rings (SSSR count). The van der Waals surface area contributed by atoms with Gasteiger partial charge in [-0.1, -0.05) is 6.08 Å². The summed E-state index contributed by atoms with van der Waals surface area (Å²) < 4.78 is 4.68. The van der Waals surface area contributed by atoms with Crippen molar-refractivity contribution in [2.24, 2.45) is 0 Å². The molecule has 4 nitrogen and oxygen atoms in total. The smallest absolute Gasteiger partial charge is 0.325 e. The molecule has 0 saturated heterocycles. The van der Waals surface area contributed by atoms with Crippen molar-refractivity contribution in [3.8, 4) is 12.3 Å². The Bertz CT molecular complexity index is 265. The van der Waals surface area contributed by atoms with E-state index >= 15 is 0 Å². The van der Waals surface area contributed by atoms with Gasteiger partial charge in [-0.15, -0.1) is 13.0 Å². The Morgan fingerprint density at radius 3 is 2.71 bits per heavy atom. The summed E-state index contributed by atoms with van der Waals surface area (Å²) in [5, 5.41) is 0. The molecule has 4 heteroatoms. The molecule has 0 aliphatic carbocycles. The van der Waals surface area contributed by atoms with E-state index in [4.69, 9.17) is 6.42 Å². The first-order valence-corrected chi connectivity index (χ1v) is 4.17. The predicted molar refractivity (Wildman–Crippen MR) is 52.2 cm³/mol. The first kappa shape index (κ1) is 12.2. The van der Waals surface area contributed by atoms with Gasteiger partial charge < -0.3 is 9.64 Å². The molecule has 14 heavy (non-hydrogen) atoms. The van der Waals surface area contributed by atoms with Gasteiger partial charge in [0.1, 0.15) is 6.54 Å². The van der Waals surface area contributed by atoms with Crippen LogP contribution in [0.15, 0.2) is 12.7 Å². The Kier molecular flexibility index (Phi) is 5.88. The average Bonchev–Trinajstić information content (AvgIpc) is 2.16. The zero-order valence-corrected chi connectivity index (χ0v) is 8.16. The number of rotatable bonds is 5. The molecule has 0 aliphatic rings. The lowest BCUT2D eigenvalue weighted by Crippen LogP contribution is -2.35. The number of amides is 1. The summed E-state index contributed by atoms with van der Waals surface area (Å²) in [7, 11) is 0. The van der Waals surface area contributed by atoms with Gasteiger partial charge in [-0.25, -0.2) is 0 Å². The zero-order chi connectivity index (χ0) is 11.0. The molecule has 0 aromatic rings. The SMILES string of the molecule is C#CC(=O)N(CC=C)CC(=O)OCC. The normalized spacial score (nSPS) is 8.57. The molecular weight excluding hydrogens is 182 g/mol. The second-order valence-electron chi connectivity index (χ2n) is 2.42. The van der Waals surface area contributed by atoms with Gasteiger partial charge in [-0.2, -0.15) is 0 Å². The number of carbonyl (C=O) groups excluding carboxylic acids is 2. The fourth-order valence-electron chi connectivity index (χ4n) is 0.829. The van der Waals surface area contributed by atoms with Crippen LogP contribution in [0.25, 0.3) is 0 Å². The lowest BCUT2D eigenvalue weighted by atomic mass is 10.4. The highest BCUT2D eigenvalue weighted by atomic mass is 16.5. The van der Waals surface area contributed by atoms with Crippen molar-refractivity contribution in [1.82, 2.24) is 4.90 Å². The minimum absolute atomic E-state index is 0.136. The Balaban J connectivity index is 4.23. The highest BCUT2D eigenvalue weighted by Gasteiger charge is 2.14. The molecular formula is C10H13NO3. The minimum atomic E-state index is -0.544. The summed E-state index contributed by atoms with van der Waals surface area (Å²) in [5.74, 6) is 0.911. The first-order chi connectivity index (χ1) is 6.65. The maximum atomic E-state index is 11.1. The van der Waals surface area contributed by atoms with Gasteiger partial charge in [0, 0.05) is 6.54 Å². The van der Waals surface area contributed by atoms with Crippen molar-refractivity contribution >= 4 is 11.9 Å². The number of ether oxygens (including phenoxy) is 1. The van der Waals surface area contributed by atoms with Crippen LogP contribution in [0.5, 0.6) is 0 Å². The molecule has 0 aromatic carbocycles. The summed E-state index contributed by atoms with van der Waals surface area (Å²) in [6.45, 7) is 5.53. The number of esters is 1. The van der Waals surface area contributed by atoms with Gasteiger partial charge in [0.15, 0.2) is 0 Å². The Labute approximate surface area is 83.5 Å². The van der Waals surface area contributed by atoms with Crippen LogP contribution in [0.3, 0.4) is 0 Å². The zero-order valence-electron chi connectivity index (χ0n) is 8.16. The summed E-state index contributed by atoms with van der Waals surface area (Å²) in [5.41, 5.74) is 0. The van der Waals surface area contributed by atoms with Crippen molar-refractivity contribution in [3.63, 3.8) is 0 Å². The second-order valence-corrected chi connectivity index (χ2v) is 2.42. The van der Waals surface area contributed by atoms with E-state index in [1.807, 2.05) is 5.92 Å². The fourth-order valence-corrected chi connectivity index (χ4v) is 0.829. The van der Waals surface area contributed by atoms with Crippen LogP contribution in [0.2, 0.25) is 0 Å². The number of hydrogen-bond donors (Lipinski definition) is 0. The second kappa shape index (κ2) is 6.72. The van der Waals surface area contributed by atoms with Gasteiger partial charge in [0.25, 0.3) is 5.91 Å². The van der Waals surface area contributed by atoms with Crippen LogP contribution in [-0.4, -0.2) is 36.5 Å². The lowest BCUT2D eigenvalue weighted by molar-refractivity contribution is -0.147. The monoisotopic (exact) mass is 195 g/mol. The van der Waals surface area contributed by atoms with Gasteiger partial charge >= 0.3 is 5.97 Å². The molecule has 76 valence electrons. The van der Waals surface area contributed by atoms with E-state index in [2.05, 4.69) is 11.3 Å². The van der Waals surface area contributed by atoms with Gasteiger partial charge in [0.05, 0.1) is 6.61 Å². The highest BCUT2D eigenvalue weighted by Crippen LogP contribution is 1.91. The van der Waals surface area contributed by atoms with E-state index in [0.717, 1.165) is 0 Å². The molecule has 0 N–H and O–H groups in total. The molecule has 0 aliphatic heterocycles. The molecule has 0 atom stereocenters. The fraction of sp³-hybridized carbons (Fsp3) is 0.400. The Morgan fingerprint density at radius 1 is 1.64 bits per heavy atom. The van der Waals surface area contributed by atoms with E-state index < -0.39 is 11.9 Å². The van der Waals surface area contributed by atoms with Crippen molar-refractivity contribution in [3.05, 3.63) is 12.7 Å². The largest absolute Gasteiger partial charge is 0.465 e. The maximum absolute atomic E-state index is 11.1. The third-order valence-electron chi connectivity index (χ3n) is 1.39. The minimum Gasteiger partial charge on any atom is -0.465 e. The standard InChI is InChI=1S/C10H13NO3/c1-4-7-11(9(12)5-2)8-10(13)14-6-3/h2,4H,1,6-8H2,3H3. The number of nitrogens with zero attached hydrogens (tertiary/aromatic N) is 1. The van der Waals surface area contributed by atoms with E-state index in [1.54, 1.807) is 6.92 Å². The summed E-state index contributed by atoms with van der Waals surface area (Å²) in [6, 6.07) is 0. The molecule has 0 heterocycles. The third kappa shape index (κ3) is 4.31. The topological polar surface area (TPSA) is 46.6 Å². The predicted octanol–water partition coefficient (Wildman–Crippen LogP) is 0.197. The molecule has 0 spiro atoms. The van der Waals surface area contributed by atoms with Crippen molar-refractivity contribution in [1.29, 1.82) is 0 Å². The van der Waals surface area contributed by atoms with Gasteiger partial charge in [0.2, 0.25) is 0 Å². The van der Waals surface area contributed by atoms with Crippen LogP contribution in [0.4, 0.5) is 0 Å². The Hall–Kier alpha value is -1.76. The van der Waals surface area contributed by atoms with Gasteiger partial charge in [-0.3, -0.25) is 9.59 Å². The number of terminal acetylenes is 1.